The lowest BCUT2D eigenvalue weighted by atomic mass is 9.90. The first-order valence-electron chi connectivity index (χ1n) is 11.9. The van der Waals surface area contributed by atoms with Gasteiger partial charge < -0.3 is 14.9 Å². The van der Waals surface area contributed by atoms with Crippen LogP contribution >= 0.6 is 0 Å². The zero-order chi connectivity index (χ0) is 26.3. The molecule has 0 aromatic heterocycles. The van der Waals surface area contributed by atoms with E-state index in [0.717, 1.165) is 29.8 Å². The minimum atomic E-state index is -1.32. The van der Waals surface area contributed by atoms with Crippen molar-refractivity contribution in [3.63, 3.8) is 0 Å². The molecule has 0 bridgehead atoms. The molecule has 0 heterocycles. The van der Waals surface area contributed by atoms with Crippen LogP contribution in [0.1, 0.15) is 61.2 Å². The van der Waals surface area contributed by atoms with Crippen LogP contribution in [0, 0.1) is 13.8 Å². The number of nitrogens with zero attached hydrogens (tertiary/aromatic N) is 1. The molecule has 2 atom stereocenters. The molecule has 0 aliphatic carbocycles. The van der Waals surface area contributed by atoms with Crippen molar-refractivity contribution in [2.75, 3.05) is 13.1 Å². The molecule has 0 saturated carbocycles. The van der Waals surface area contributed by atoms with Crippen molar-refractivity contribution in [2.45, 2.75) is 60.3 Å². The van der Waals surface area contributed by atoms with E-state index in [1.807, 2.05) is 45.0 Å². The zero-order valence-electron chi connectivity index (χ0n) is 21.3. The zero-order valence-corrected chi connectivity index (χ0v) is 21.3. The summed E-state index contributed by atoms with van der Waals surface area (Å²) in [5.74, 6) is -2.71. The Bertz CT molecular complexity index is 1120. The first-order valence-corrected chi connectivity index (χ1v) is 11.9. The lowest BCUT2D eigenvalue weighted by Gasteiger charge is -2.29. The lowest BCUT2D eigenvalue weighted by molar-refractivity contribution is -0.133. The number of aliphatic carboxylic acids is 2. The molecule has 2 aromatic carbocycles. The number of benzene rings is 2. The number of carbonyl (C=O) groups is 3. The summed E-state index contributed by atoms with van der Waals surface area (Å²) in [5, 5.41) is 18.6. The van der Waals surface area contributed by atoms with E-state index in [0.29, 0.717) is 29.2 Å². The van der Waals surface area contributed by atoms with E-state index < -0.39 is 18.0 Å². The number of ether oxygens (including phenoxy) is 1. The molecule has 0 saturated heterocycles. The van der Waals surface area contributed by atoms with Crippen LogP contribution in [0.15, 0.2) is 42.5 Å². The molecule has 0 radical (unpaired) electrons. The Labute approximate surface area is 207 Å². The summed E-state index contributed by atoms with van der Waals surface area (Å²) < 4.78 is 6.11. The maximum atomic E-state index is 13.3. The van der Waals surface area contributed by atoms with E-state index in [2.05, 4.69) is 18.7 Å². The Balaban J connectivity index is 2.42. The third-order valence-corrected chi connectivity index (χ3v) is 6.17. The number of Topliss-reactive ketones (excluding diaryl/α,β-unsaturated/α-hetero) is 1. The summed E-state index contributed by atoms with van der Waals surface area (Å²) in [5.41, 5.74) is 3.66. The van der Waals surface area contributed by atoms with E-state index in [9.17, 15) is 19.5 Å². The number of ketones is 1. The molecule has 0 fully saturated rings. The van der Waals surface area contributed by atoms with Gasteiger partial charge in [0.05, 0.1) is 5.57 Å². The minimum absolute atomic E-state index is 0.0862. The van der Waals surface area contributed by atoms with Gasteiger partial charge in [-0.15, -0.1) is 0 Å². The van der Waals surface area contributed by atoms with Crippen molar-refractivity contribution in [3.05, 3.63) is 64.7 Å². The van der Waals surface area contributed by atoms with Crippen molar-refractivity contribution in [1.82, 2.24) is 4.90 Å². The number of carboxylic acid groups (broad SMARTS) is 2. The average Bonchev–Trinajstić information content (AvgIpc) is 2.82. The molecule has 2 rings (SSSR count). The molecule has 188 valence electrons. The molecular weight excluding hydrogens is 446 g/mol. The van der Waals surface area contributed by atoms with Crippen LogP contribution in [0.2, 0.25) is 0 Å². The van der Waals surface area contributed by atoms with Gasteiger partial charge in [0.2, 0.25) is 0 Å². The van der Waals surface area contributed by atoms with Crippen LogP contribution < -0.4 is 0 Å². The lowest BCUT2D eigenvalue weighted by Crippen LogP contribution is -2.39. The summed E-state index contributed by atoms with van der Waals surface area (Å²) in [4.78, 5) is 38.2. The Kier molecular flexibility index (Phi) is 9.92. The fourth-order valence-electron chi connectivity index (χ4n) is 4.23. The molecule has 0 aliphatic rings. The van der Waals surface area contributed by atoms with Crippen molar-refractivity contribution < 1.29 is 29.3 Å². The standard InChI is InChI=1S/C28H35NO6/c1-7-25(35-19(6)29(8-2)9-3)27(32)21-12-10-11-20(15-21)22-13-18(5)23(14-17(22)4)24(28(33)34)16-26(30)31/h10-16,19,25H,7-9H2,1-6H3,(H,30,31)(H,33,34)/b24-16-. The molecule has 0 amide bonds. The molecule has 35 heavy (non-hydrogen) atoms. The second-order valence-corrected chi connectivity index (χ2v) is 8.48. The van der Waals surface area contributed by atoms with Gasteiger partial charge in [-0.3, -0.25) is 9.69 Å². The third-order valence-electron chi connectivity index (χ3n) is 6.17. The summed E-state index contributed by atoms with van der Waals surface area (Å²) in [6.45, 7) is 13.2. The highest BCUT2D eigenvalue weighted by Crippen LogP contribution is 2.31. The molecule has 0 spiro atoms. The van der Waals surface area contributed by atoms with Crippen LogP contribution in [-0.2, 0) is 14.3 Å². The SMILES string of the molecule is CCC(OC(C)N(CC)CC)C(=O)c1cccc(-c2cc(C)c(/C(=C/C(=O)O)C(=O)O)cc2C)c1. The predicted molar refractivity (Wildman–Crippen MR) is 136 cm³/mol. The summed E-state index contributed by atoms with van der Waals surface area (Å²) in [6.07, 6.45) is 0.509. The highest BCUT2D eigenvalue weighted by molar-refractivity contribution is 6.20. The number of carboxylic acids is 2. The van der Waals surface area contributed by atoms with Gasteiger partial charge in [0.15, 0.2) is 5.78 Å². The topological polar surface area (TPSA) is 104 Å². The number of hydrogen-bond donors (Lipinski definition) is 2. The third kappa shape index (κ3) is 6.87. The number of hydrogen-bond acceptors (Lipinski definition) is 5. The molecule has 0 aliphatic heterocycles. The summed E-state index contributed by atoms with van der Waals surface area (Å²) in [6, 6.07) is 10.8. The van der Waals surface area contributed by atoms with E-state index in [-0.39, 0.29) is 17.6 Å². The quantitative estimate of drug-likeness (QED) is 0.244. The number of rotatable bonds is 12. The van der Waals surface area contributed by atoms with E-state index in [1.165, 1.54) is 0 Å². The van der Waals surface area contributed by atoms with Crippen molar-refractivity contribution >= 4 is 23.3 Å². The van der Waals surface area contributed by atoms with Crippen LogP contribution in [0.25, 0.3) is 16.7 Å². The van der Waals surface area contributed by atoms with Crippen LogP contribution in [0.5, 0.6) is 0 Å². The van der Waals surface area contributed by atoms with Gasteiger partial charge in [0, 0.05) is 11.6 Å². The Morgan fingerprint density at radius 1 is 1.00 bits per heavy atom. The first-order chi connectivity index (χ1) is 16.5. The largest absolute Gasteiger partial charge is 0.478 e. The fourth-order valence-corrected chi connectivity index (χ4v) is 4.23. The van der Waals surface area contributed by atoms with Gasteiger partial charge in [-0.2, -0.15) is 0 Å². The second-order valence-electron chi connectivity index (χ2n) is 8.48. The normalized spacial score (nSPS) is 13.5. The number of aryl methyl sites for hydroxylation is 2. The number of carbonyl (C=O) groups excluding carboxylic acids is 1. The van der Waals surface area contributed by atoms with Gasteiger partial charge in [0.1, 0.15) is 12.3 Å². The van der Waals surface area contributed by atoms with Gasteiger partial charge in [-0.25, -0.2) is 9.59 Å². The van der Waals surface area contributed by atoms with Crippen molar-refractivity contribution in [3.8, 4) is 11.1 Å². The van der Waals surface area contributed by atoms with Gasteiger partial charge in [0.25, 0.3) is 0 Å². The van der Waals surface area contributed by atoms with Crippen LogP contribution in [-0.4, -0.2) is 58.3 Å². The maximum absolute atomic E-state index is 13.3. The van der Waals surface area contributed by atoms with Crippen LogP contribution in [0.4, 0.5) is 0 Å². The van der Waals surface area contributed by atoms with Crippen LogP contribution in [0.3, 0.4) is 0 Å². The molecule has 2 aromatic rings. The Morgan fingerprint density at radius 3 is 2.20 bits per heavy atom. The van der Waals surface area contributed by atoms with E-state index in [4.69, 9.17) is 9.84 Å². The smallest absolute Gasteiger partial charge is 0.336 e. The van der Waals surface area contributed by atoms with E-state index in [1.54, 1.807) is 19.1 Å². The molecule has 7 heteroatoms. The predicted octanol–water partition coefficient (Wildman–Crippen LogP) is 5.19. The highest BCUT2D eigenvalue weighted by Gasteiger charge is 2.24. The Hall–Kier alpha value is -3.29. The summed E-state index contributed by atoms with van der Waals surface area (Å²) in [7, 11) is 0. The molecule has 7 nitrogen and oxygen atoms in total. The first kappa shape index (κ1) is 28.0. The van der Waals surface area contributed by atoms with Gasteiger partial charge in [-0.1, -0.05) is 51.1 Å². The molecule has 2 N–H and O–H groups in total. The molecular formula is C28H35NO6. The van der Waals surface area contributed by atoms with Gasteiger partial charge in [-0.05, 0) is 74.2 Å². The monoisotopic (exact) mass is 481 g/mol. The van der Waals surface area contributed by atoms with Crippen molar-refractivity contribution in [2.24, 2.45) is 0 Å². The maximum Gasteiger partial charge on any atom is 0.336 e. The minimum Gasteiger partial charge on any atom is -0.478 e. The molecule has 2 unspecified atom stereocenters. The average molecular weight is 482 g/mol. The van der Waals surface area contributed by atoms with Gasteiger partial charge >= 0.3 is 11.9 Å². The van der Waals surface area contributed by atoms with Crippen molar-refractivity contribution in [1.29, 1.82) is 0 Å². The highest BCUT2D eigenvalue weighted by atomic mass is 16.5. The summed E-state index contributed by atoms with van der Waals surface area (Å²) >= 11 is 0. The van der Waals surface area contributed by atoms with E-state index >= 15 is 0 Å². The Morgan fingerprint density at radius 2 is 1.66 bits per heavy atom. The fraction of sp³-hybridized carbons (Fsp3) is 0.393. The second kappa shape index (κ2) is 12.4.